The third-order valence-corrected chi connectivity index (χ3v) is 6.45. The quantitative estimate of drug-likeness (QED) is 0.874. The van der Waals surface area contributed by atoms with Gasteiger partial charge in [0.15, 0.2) is 5.82 Å². The Hall–Kier alpha value is -2.74. The molecule has 2 amide bonds. The van der Waals surface area contributed by atoms with E-state index in [1.54, 1.807) is 21.9 Å². The molecule has 146 valence electrons. The van der Waals surface area contributed by atoms with Crippen LogP contribution < -0.4 is 10.6 Å². The summed E-state index contributed by atoms with van der Waals surface area (Å²) < 4.78 is 5.46. The summed E-state index contributed by atoms with van der Waals surface area (Å²) in [4.78, 5) is 33.8. The largest absolute Gasteiger partial charge is 0.337 e. The van der Waals surface area contributed by atoms with Crippen LogP contribution in [0.5, 0.6) is 0 Å². The monoisotopic (exact) mass is 381 g/mol. The predicted octanol–water partition coefficient (Wildman–Crippen LogP) is 2.30. The number of rotatable bonds is 3. The Morgan fingerprint density at radius 3 is 2.71 bits per heavy atom. The predicted molar refractivity (Wildman–Crippen MR) is 100 cm³/mol. The van der Waals surface area contributed by atoms with Crippen LogP contribution in [0.1, 0.15) is 67.5 Å². The highest BCUT2D eigenvalue weighted by Gasteiger charge is 2.53. The summed E-state index contributed by atoms with van der Waals surface area (Å²) in [5.74, 6) is 0.743. The van der Waals surface area contributed by atoms with Gasteiger partial charge >= 0.3 is 0 Å². The fourth-order valence-corrected chi connectivity index (χ4v) is 4.83. The van der Waals surface area contributed by atoms with E-state index in [0.29, 0.717) is 35.8 Å². The van der Waals surface area contributed by atoms with Crippen molar-refractivity contribution in [1.82, 2.24) is 15.0 Å². The first-order valence-corrected chi connectivity index (χ1v) is 9.78. The van der Waals surface area contributed by atoms with E-state index < -0.39 is 11.2 Å². The van der Waals surface area contributed by atoms with Crippen molar-refractivity contribution in [2.45, 2.75) is 63.2 Å². The van der Waals surface area contributed by atoms with E-state index in [0.717, 1.165) is 25.7 Å². The first-order chi connectivity index (χ1) is 13.4. The van der Waals surface area contributed by atoms with Gasteiger partial charge in [-0.25, -0.2) is 0 Å². The van der Waals surface area contributed by atoms with E-state index in [9.17, 15) is 9.59 Å². The van der Waals surface area contributed by atoms with E-state index in [2.05, 4.69) is 10.1 Å². The summed E-state index contributed by atoms with van der Waals surface area (Å²) in [7, 11) is 0. The molecule has 8 nitrogen and oxygen atoms in total. The first kappa shape index (κ1) is 17.4. The molecule has 8 heteroatoms. The standard InChI is InChI=1S/C20H23N5O3/c1-19-11-8-16(26)25(19)14-7-3-2-6-13(14)17(27)24(19)12-15-22-18(23-28-15)20(21)9-4-5-10-20/h2-3,6-7H,4-5,8-12,21H2,1H3. The van der Waals surface area contributed by atoms with Gasteiger partial charge in [-0.2, -0.15) is 4.98 Å². The topological polar surface area (TPSA) is 106 Å². The zero-order valence-electron chi connectivity index (χ0n) is 15.9. The summed E-state index contributed by atoms with van der Waals surface area (Å²) in [5, 5.41) is 4.10. The lowest BCUT2D eigenvalue weighted by molar-refractivity contribution is -0.117. The zero-order valence-corrected chi connectivity index (χ0v) is 15.9. The lowest BCUT2D eigenvalue weighted by Crippen LogP contribution is -2.61. The van der Waals surface area contributed by atoms with Crippen molar-refractivity contribution in [3.8, 4) is 0 Å². The van der Waals surface area contributed by atoms with Crippen LogP contribution >= 0.6 is 0 Å². The highest BCUT2D eigenvalue weighted by atomic mass is 16.5. The third-order valence-electron chi connectivity index (χ3n) is 6.45. The molecule has 2 N–H and O–H groups in total. The molecule has 3 aliphatic rings. The number of carbonyl (C=O) groups is 2. The molecule has 1 aromatic heterocycles. The average molecular weight is 381 g/mol. The van der Waals surface area contributed by atoms with Crippen molar-refractivity contribution in [3.05, 3.63) is 41.5 Å². The number of fused-ring (bicyclic) bond motifs is 3. The SMILES string of the molecule is CC12CCC(=O)N1c1ccccc1C(=O)N2Cc1nc(C2(N)CCCC2)no1. The smallest absolute Gasteiger partial charge is 0.258 e. The maximum absolute atomic E-state index is 13.3. The summed E-state index contributed by atoms with van der Waals surface area (Å²) in [6, 6.07) is 7.24. The molecule has 28 heavy (non-hydrogen) atoms. The Kier molecular flexibility index (Phi) is 3.64. The lowest BCUT2D eigenvalue weighted by atomic mass is 9.98. The van der Waals surface area contributed by atoms with Crippen LogP contribution in [-0.2, 0) is 16.9 Å². The fraction of sp³-hybridized carbons (Fsp3) is 0.500. The number of para-hydroxylation sites is 1. The molecule has 1 atom stereocenters. The molecule has 1 aliphatic carbocycles. The van der Waals surface area contributed by atoms with Crippen molar-refractivity contribution >= 4 is 17.5 Å². The van der Waals surface area contributed by atoms with Gasteiger partial charge in [-0.05, 0) is 38.3 Å². The lowest BCUT2D eigenvalue weighted by Gasteiger charge is -2.48. The van der Waals surface area contributed by atoms with Gasteiger partial charge in [-0.1, -0.05) is 30.1 Å². The van der Waals surface area contributed by atoms with Gasteiger partial charge in [0.05, 0.1) is 16.8 Å². The van der Waals surface area contributed by atoms with E-state index >= 15 is 0 Å². The van der Waals surface area contributed by atoms with Crippen molar-refractivity contribution in [1.29, 1.82) is 0 Å². The number of nitrogens with zero attached hydrogens (tertiary/aromatic N) is 4. The maximum atomic E-state index is 13.3. The van der Waals surface area contributed by atoms with Gasteiger partial charge in [-0.15, -0.1) is 0 Å². The van der Waals surface area contributed by atoms with Gasteiger partial charge in [0.25, 0.3) is 5.91 Å². The highest BCUT2D eigenvalue weighted by Crippen LogP contribution is 2.44. The number of aromatic nitrogens is 2. The number of hydrogen-bond donors (Lipinski definition) is 1. The highest BCUT2D eigenvalue weighted by molar-refractivity contribution is 6.10. The molecule has 2 fully saturated rings. The molecule has 0 bridgehead atoms. The number of hydrogen-bond acceptors (Lipinski definition) is 6. The molecule has 1 saturated carbocycles. The Labute approximate surface area is 162 Å². The Balaban J connectivity index is 1.51. The van der Waals surface area contributed by atoms with Crippen LogP contribution in [0, 0.1) is 0 Å². The molecular weight excluding hydrogens is 358 g/mol. The van der Waals surface area contributed by atoms with Gasteiger partial charge in [0.1, 0.15) is 12.2 Å². The van der Waals surface area contributed by atoms with Crippen molar-refractivity contribution in [3.63, 3.8) is 0 Å². The van der Waals surface area contributed by atoms with Crippen LogP contribution in [0.2, 0.25) is 0 Å². The summed E-state index contributed by atoms with van der Waals surface area (Å²) in [6.07, 6.45) is 4.74. The van der Waals surface area contributed by atoms with Crippen LogP contribution in [0.25, 0.3) is 0 Å². The number of nitrogens with two attached hydrogens (primary N) is 1. The second-order valence-corrected chi connectivity index (χ2v) is 8.23. The minimum absolute atomic E-state index is 0.0190. The minimum Gasteiger partial charge on any atom is -0.337 e. The number of carbonyl (C=O) groups excluding carboxylic acids is 2. The number of amides is 2. The van der Waals surface area contributed by atoms with Gasteiger partial charge in [0.2, 0.25) is 11.8 Å². The average Bonchev–Trinajstić information content (AvgIpc) is 3.40. The summed E-state index contributed by atoms with van der Waals surface area (Å²) >= 11 is 0. The van der Waals surface area contributed by atoms with Gasteiger partial charge in [-0.3, -0.25) is 14.5 Å². The minimum atomic E-state index is -0.745. The van der Waals surface area contributed by atoms with Crippen molar-refractivity contribution < 1.29 is 14.1 Å². The second kappa shape index (κ2) is 5.88. The van der Waals surface area contributed by atoms with E-state index in [-0.39, 0.29) is 18.4 Å². The molecule has 0 spiro atoms. The first-order valence-electron chi connectivity index (χ1n) is 9.78. The summed E-state index contributed by atoms with van der Waals surface area (Å²) in [5.41, 5.74) is 6.33. The zero-order chi connectivity index (χ0) is 19.5. The van der Waals surface area contributed by atoms with Crippen LogP contribution in [0.3, 0.4) is 0 Å². The van der Waals surface area contributed by atoms with Crippen LogP contribution in [0.4, 0.5) is 5.69 Å². The maximum Gasteiger partial charge on any atom is 0.258 e. The molecule has 2 aliphatic heterocycles. The third kappa shape index (κ3) is 2.33. The van der Waals surface area contributed by atoms with Crippen LogP contribution in [0.15, 0.2) is 28.8 Å². The van der Waals surface area contributed by atoms with E-state index in [4.69, 9.17) is 10.3 Å². The Bertz CT molecular complexity index is 964. The Morgan fingerprint density at radius 1 is 1.18 bits per heavy atom. The molecule has 1 aromatic carbocycles. The van der Waals surface area contributed by atoms with E-state index in [1.165, 1.54) is 0 Å². The molecule has 5 rings (SSSR count). The number of benzene rings is 1. The summed E-state index contributed by atoms with van der Waals surface area (Å²) in [6.45, 7) is 2.07. The molecule has 3 heterocycles. The Morgan fingerprint density at radius 2 is 1.93 bits per heavy atom. The normalized spacial score (nSPS) is 25.9. The van der Waals surface area contributed by atoms with E-state index in [1.807, 2.05) is 19.1 Å². The molecule has 1 unspecified atom stereocenters. The van der Waals surface area contributed by atoms with Crippen molar-refractivity contribution in [2.24, 2.45) is 5.73 Å². The molecular formula is C20H23N5O3. The van der Waals surface area contributed by atoms with Gasteiger partial charge in [0, 0.05) is 6.42 Å². The van der Waals surface area contributed by atoms with Gasteiger partial charge < -0.3 is 15.2 Å². The fourth-order valence-electron chi connectivity index (χ4n) is 4.83. The molecule has 2 aromatic rings. The number of anilines is 1. The second-order valence-electron chi connectivity index (χ2n) is 8.23. The van der Waals surface area contributed by atoms with Crippen LogP contribution in [-0.4, -0.2) is 32.5 Å². The molecule has 0 radical (unpaired) electrons. The molecule has 1 saturated heterocycles. The van der Waals surface area contributed by atoms with Crippen molar-refractivity contribution in [2.75, 3.05) is 4.90 Å².